The van der Waals surface area contributed by atoms with Gasteiger partial charge in [-0.25, -0.2) is 0 Å². The van der Waals surface area contributed by atoms with Gasteiger partial charge in [-0.3, -0.25) is 4.79 Å². The molecule has 1 amide bonds. The van der Waals surface area contributed by atoms with Crippen molar-refractivity contribution in [3.8, 4) is 0 Å². The second-order valence-corrected chi connectivity index (χ2v) is 4.07. The molecule has 1 aromatic rings. The Morgan fingerprint density at radius 3 is 2.06 bits per heavy atom. The van der Waals surface area contributed by atoms with Gasteiger partial charge >= 0.3 is 6.18 Å². The number of carbonyl (C=O) groups excluding carboxylic acids is 1. The number of benzene rings is 1. The van der Waals surface area contributed by atoms with Crippen LogP contribution < -0.4 is 5.32 Å². The maximum Gasteiger partial charge on any atom is 0.405 e. The van der Waals surface area contributed by atoms with Crippen LogP contribution in [-0.4, -0.2) is 18.6 Å². The van der Waals surface area contributed by atoms with Crippen LogP contribution in [0.4, 0.5) is 13.2 Å². The number of halogens is 3. The Bertz CT molecular complexity index is 415. The van der Waals surface area contributed by atoms with Crippen LogP contribution in [0.25, 0.3) is 0 Å². The number of rotatable bonds is 2. The second kappa shape index (κ2) is 4.77. The summed E-state index contributed by atoms with van der Waals surface area (Å²) in [6.07, 6.45) is -4.39. The quantitative estimate of drug-likeness (QED) is 0.852. The van der Waals surface area contributed by atoms with E-state index in [1.807, 2.05) is 12.2 Å². The minimum absolute atomic E-state index is 0.319. The van der Waals surface area contributed by atoms with Crippen LogP contribution in [0.15, 0.2) is 12.1 Å². The van der Waals surface area contributed by atoms with Crippen LogP contribution in [0.3, 0.4) is 0 Å². The molecule has 0 aliphatic rings. The number of hydrogen-bond acceptors (Lipinski definition) is 1. The molecule has 94 valence electrons. The third-order valence-electron chi connectivity index (χ3n) is 2.35. The van der Waals surface area contributed by atoms with Crippen molar-refractivity contribution < 1.29 is 18.0 Å². The van der Waals surface area contributed by atoms with E-state index in [4.69, 9.17) is 0 Å². The highest BCUT2D eigenvalue weighted by Gasteiger charge is 2.28. The standard InChI is InChI=1S/C12H14F3NO/c1-7-4-8(2)10(9(3)5-7)11(17)16-6-12(13,14)15/h4-5H,6H2,1-3H3,(H,16,17). The molecule has 0 aliphatic carbocycles. The number of alkyl halides is 3. The highest BCUT2D eigenvalue weighted by atomic mass is 19.4. The molecule has 0 fully saturated rings. The minimum atomic E-state index is -4.39. The van der Waals surface area contributed by atoms with Gasteiger partial charge in [0.15, 0.2) is 0 Å². The number of carbonyl (C=O) groups is 1. The largest absolute Gasteiger partial charge is 0.405 e. The Balaban J connectivity index is 2.90. The fourth-order valence-corrected chi connectivity index (χ4v) is 1.81. The summed E-state index contributed by atoms with van der Waals surface area (Å²) in [5.41, 5.74) is 2.66. The molecular weight excluding hydrogens is 231 g/mol. The van der Waals surface area contributed by atoms with E-state index in [2.05, 4.69) is 0 Å². The third kappa shape index (κ3) is 3.76. The molecule has 0 unspecified atom stereocenters. The minimum Gasteiger partial charge on any atom is -0.343 e. The average molecular weight is 245 g/mol. The van der Waals surface area contributed by atoms with E-state index in [0.29, 0.717) is 16.7 Å². The van der Waals surface area contributed by atoms with Gasteiger partial charge in [0.2, 0.25) is 0 Å². The zero-order chi connectivity index (χ0) is 13.2. The fourth-order valence-electron chi connectivity index (χ4n) is 1.81. The molecule has 0 atom stereocenters. The molecule has 0 spiro atoms. The summed E-state index contributed by atoms with van der Waals surface area (Å²) >= 11 is 0. The fraction of sp³-hybridized carbons (Fsp3) is 0.417. The molecule has 2 nitrogen and oxygen atoms in total. The van der Waals surface area contributed by atoms with Crippen molar-refractivity contribution in [3.05, 3.63) is 34.4 Å². The first-order valence-electron chi connectivity index (χ1n) is 5.13. The maximum absolute atomic E-state index is 12.0. The molecule has 0 saturated carbocycles. The van der Waals surface area contributed by atoms with Gasteiger partial charge in [-0.05, 0) is 31.9 Å². The molecule has 1 rings (SSSR count). The second-order valence-electron chi connectivity index (χ2n) is 4.07. The molecule has 17 heavy (non-hydrogen) atoms. The lowest BCUT2D eigenvalue weighted by molar-refractivity contribution is -0.123. The molecular formula is C12H14F3NO. The monoisotopic (exact) mass is 245 g/mol. The van der Waals surface area contributed by atoms with Gasteiger partial charge < -0.3 is 5.32 Å². The highest BCUT2D eigenvalue weighted by Crippen LogP contribution is 2.17. The molecule has 0 radical (unpaired) electrons. The van der Waals surface area contributed by atoms with E-state index >= 15 is 0 Å². The predicted octanol–water partition coefficient (Wildman–Crippen LogP) is 2.90. The van der Waals surface area contributed by atoms with E-state index < -0.39 is 18.6 Å². The van der Waals surface area contributed by atoms with Gasteiger partial charge in [-0.15, -0.1) is 0 Å². The third-order valence-corrected chi connectivity index (χ3v) is 2.35. The van der Waals surface area contributed by atoms with E-state index in [-0.39, 0.29) is 0 Å². The van der Waals surface area contributed by atoms with Gasteiger partial charge in [-0.2, -0.15) is 13.2 Å². The highest BCUT2D eigenvalue weighted by molar-refractivity contribution is 5.97. The van der Waals surface area contributed by atoms with E-state index in [0.717, 1.165) is 5.56 Å². The van der Waals surface area contributed by atoms with E-state index in [9.17, 15) is 18.0 Å². The van der Waals surface area contributed by atoms with Crippen molar-refractivity contribution in [1.82, 2.24) is 5.32 Å². The number of aryl methyl sites for hydroxylation is 3. The lowest BCUT2D eigenvalue weighted by Crippen LogP contribution is -2.34. The summed E-state index contributed by atoms with van der Waals surface area (Å²) in [6, 6.07) is 3.55. The first kappa shape index (κ1) is 13.5. The van der Waals surface area contributed by atoms with Crippen molar-refractivity contribution in [2.24, 2.45) is 0 Å². The van der Waals surface area contributed by atoms with Crippen LogP contribution in [0.1, 0.15) is 27.0 Å². The average Bonchev–Trinajstić information content (AvgIpc) is 2.11. The van der Waals surface area contributed by atoms with Crippen LogP contribution in [-0.2, 0) is 0 Å². The van der Waals surface area contributed by atoms with Gasteiger partial charge in [0.25, 0.3) is 5.91 Å². The molecule has 0 saturated heterocycles. The lowest BCUT2D eigenvalue weighted by atomic mass is 9.99. The van der Waals surface area contributed by atoms with E-state index in [1.54, 1.807) is 26.0 Å². The molecule has 0 aliphatic heterocycles. The summed E-state index contributed by atoms with van der Waals surface area (Å²) in [4.78, 5) is 11.6. The Hall–Kier alpha value is -1.52. The van der Waals surface area contributed by atoms with Crippen LogP contribution in [0.2, 0.25) is 0 Å². The maximum atomic E-state index is 12.0. The van der Waals surface area contributed by atoms with Crippen LogP contribution in [0.5, 0.6) is 0 Å². The Morgan fingerprint density at radius 2 is 1.65 bits per heavy atom. The van der Waals surface area contributed by atoms with Crippen molar-refractivity contribution in [2.45, 2.75) is 26.9 Å². The van der Waals surface area contributed by atoms with Crippen molar-refractivity contribution in [1.29, 1.82) is 0 Å². The van der Waals surface area contributed by atoms with Crippen molar-refractivity contribution in [2.75, 3.05) is 6.54 Å². The smallest absolute Gasteiger partial charge is 0.343 e. The Kier molecular flexibility index (Phi) is 3.80. The van der Waals surface area contributed by atoms with Crippen molar-refractivity contribution in [3.63, 3.8) is 0 Å². The Morgan fingerprint density at radius 1 is 1.18 bits per heavy atom. The first-order valence-corrected chi connectivity index (χ1v) is 5.13. The summed E-state index contributed by atoms with van der Waals surface area (Å²) in [5.74, 6) is -0.683. The molecule has 1 aromatic carbocycles. The topological polar surface area (TPSA) is 29.1 Å². The summed E-state index contributed by atoms with van der Waals surface area (Å²) in [7, 11) is 0. The summed E-state index contributed by atoms with van der Waals surface area (Å²) < 4.78 is 35.9. The molecule has 0 heterocycles. The normalized spacial score (nSPS) is 11.4. The van der Waals surface area contributed by atoms with Gasteiger partial charge in [0.1, 0.15) is 6.54 Å². The molecule has 0 bridgehead atoms. The van der Waals surface area contributed by atoms with Crippen LogP contribution >= 0.6 is 0 Å². The van der Waals surface area contributed by atoms with Crippen molar-refractivity contribution >= 4 is 5.91 Å². The molecule has 5 heteroatoms. The summed E-state index contributed by atoms with van der Waals surface area (Å²) in [6.45, 7) is 3.99. The zero-order valence-corrected chi connectivity index (χ0v) is 9.90. The van der Waals surface area contributed by atoms with Crippen LogP contribution in [0, 0.1) is 20.8 Å². The number of amides is 1. The van der Waals surface area contributed by atoms with Gasteiger partial charge in [-0.1, -0.05) is 17.7 Å². The SMILES string of the molecule is Cc1cc(C)c(C(=O)NCC(F)(F)F)c(C)c1. The molecule has 1 N–H and O–H groups in total. The number of nitrogens with one attached hydrogen (secondary N) is 1. The molecule has 0 aromatic heterocycles. The zero-order valence-electron chi connectivity index (χ0n) is 9.90. The van der Waals surface area contributed by atoms with E-state index in [1.165, 1.54) is 0 Å². The van der Waals surface area contributed by atoms with Gasteiger partial charge in [0, 0.05) is 5.56 Å². The predicted molar refractivity (Wildman–Crippen MR) is 59.0 cm³/mol. The lowest BCUT2D eigenvalue weighted by Gasteiger charge is -2.12. The summed E-state index contributed by atoms with van der Waals surface area (Å²) in [5, 5.41) is 1.88. The Labute approximate surface area is 97.8 Å². The van der Waals surface area contributed by atoms with Gasteiger partial charge in [0.05, 0.1) is 0 Å². The first-order chi connectivity index (χ1) is 7.70. The number of hydrogen-bond donors (Lipinski definition) is 1.